The summed E-state index contributed by atoms with van der Waals surface area (Å²) in [7, 11) is 1.68. The van der Waals surface area contributed by atoms with Crippen LogP contribution >= 0.6 is 0 Å². The van der Waals surface area contributed by atoms with Crippen LogP contribution in [0.15, 0.2) is 24.3 Å². The van der Waals surface area contributed by atoms with Crippen LogP contribution in [0.4, 0.5) is 5.69 Å². The number of aromatic nitrogens is 2. The number of fused-ring (bicyclic) bond motifs is 1. The van der Waals surface area contributed by atoms with Gasteiger partial charge in [0.25, 0.3) is 5.91 Å². The SMILES string of the molecule is COc1cccc(N2CCN(C(=O)c3n[nH]c4c3CCCC4)CC2)c1. The van der Waals surface area contributed by atoms with Crippen molar-refractivity contribution in [3.8, 4) is 5.75 Å². The Hall–Kier alpha value is -2.50. The first-order valence-electron chi connectivity index (χ1n) is 9.00. The molecule has 0 saturated carbocycles. The molecule has 1 aliphatic carbocycles. The number of aryl methyl sites for hydroxylation is 1. The molecule has 1 aromatic carbocycles. The van der Waals surface area contributed by atoms with Gasteiger partial charge in [0.2, 0.25) is 0 Å². The molecule has 0 unspecified atom stereocenters. The van der Waals surface area contributed by atoms with E-state index in [-0.39, 0.29) is 5.91 Å². The molecule has 1 amide bonds. The minimum atomic E-state index is 0.0738. The maximum absolute atomic E-state index is 12.9. The van der Waals surface area contributed by atoms with Crippen LogP contribution in [0.5, 0.6) is 5.75 Å². The van der Waals surface area contributed by atoms with Crippen molar-refractivity contribution in [3.05, 3.63) is 41.2 Å². The van der Waals surface area contributed by atoms with Crippen molar-refractivity contribution in [1.82, 2.24) is 15.1 Å². The molecule has 0 atom stereocenters. The van der Waals surface area contributed by atoms with Crippen LogP contribution in [0, 0.1) is 0 Å². The molecule has 6 heteroatoms. The first kappa shape index (κ1) is 16.0. The van der Waals surface area contributed by atoms with Gasteiger partial charge in [-0.2, -0.15) is 5.10 Å². The van der Waals surface area contributed by atoms with Crippen LogP contribution in [-0.2, 0) is 12.8 Å². The fourth-order valence-corrected chi connectivity index (χ4v) is 3.78. The Labute approximate surface area is 147 Å². The lowest BCUT2D eigenvalue weighted by molar-refractivity contribution is 0.0739. The molecule has 1 aliphatic heterocycles. The van der Waals surface area contributed by atoms with Gasteiger partial charge >= 0.3 is 0 Å². The molecule has 0 spiro atoms. The molecule has 2 aromatic rings. The van der Waals surface area contributed by atoms with Crippen LogP contribution in [0.1, 0.15) is 34.6 Å². The van der Waals surface area contributed by atoms with Crippen LogP contribution in [0.3, 0.4) is 0 Å². The van der Waals surface area contributed by atoms with E-state index in [4.69, 9.17) is 4.74 Å². The minimum absolute atomic E-state index is 0.0738. The summed E-state index contributed by atoms with van der Waals surface area (Å²) < 4.78 is 5.30. The molecule has 1 N–H and O–H groups in total. The summed E-state index contributed by atoms with van der Waals surface area (Å²) in [6.07, 6.45) is 4.31. The topological polar surface area (TPSA) is 61.5 Å². The van der Waals surface area contributed by atoms with Crippen LogP contribution in [0.2, 0.25) is 0 Å². The van der Waals surface area contributed by atoms with E-state index >= 15 is 0 Å². The predicted molar refractivity (Wildman–Crippen MR) is 96.3 cm³/mol. The lowest BCUT2D eigenvalue weighted by atomic mass is 9.95. The Morgan fingerprint density at radius 1 is 1.16 bits per heavy atom. The summed E-state index contributed by atoms with van der Waals surface area (Å²) in [5.74, 6) is 0.934. The molecule has 4 rings (SSSR count). The third-order valence-electron chi connectivity index (χ3n) is 5.24. The standard InChI is InChI=1S/C19H24N4O2/c1-25-15-6-4-5-14(13-15)22-9-11-23(12-10-22)19(24)18-16-7-2-3-8-17(16)20-21-18/h4-6,13H,2-3,7-12H2,1H3,(H,20,21). The van der Waals surface area contributed by atoms with Crippen LogP contribution < -0.4 is 9.64 Å². The number of nitrogens with zero attached hydrogens (tertiary/aromatic N) is 3. The highest BCUT2D eigenvalue weighted by Gasteiger charge is 2.28. The van der Waals surface area contributed by atoms with Crippen molar-refractivity contribution >= 4 is 11.6 Å². The summed E-state index contributed by atoms with van der Waals surface area (Å²) in [4.78, 5) is 17.1. The second kappa shape index (κ2) is 6.78. The summed E-state index contributed by atoms with van der Waals surface area (Å²) in [5, 5.41) is 7.40. The summed E-state index contributed by atoms with van der Waals surface area (Å²) >= 11 is 0. The third kappa shape index (κ3) is 3.08. The molecule has 1 aromatic heterocycles. The number of H-pyrrole nitrogens is 1. The van der Waals surface area contributed by atoms with Crippen molar-refractivity contribution in [2.24, 2.45) is 0 Å². The van der Waals surface area contributed by atoms with Gasteiger partial charge in [-0.25, -0.2) is 0 Å². The molecule has 2 heterocycles. The second-order valence-corrected chi connectivity index (χ2v) is 6.72. The van der Waals surface area contributed by atoms with E-state index in [1.54, 1.807) is 7.11 Å². The molecular weight excluding hydrogens is 316 g/mol. The number of methoxy groups -OCH3 is 1. The Kier molecular flexibility index (Phi) is 4.34. The van der Waals surface area contributed by atoms with Gasteiger partial charge in [0, 0.05) is 49.2 Å². The third-order valence-corrected chi connectivity index (χ3v) is 5.24. The molecule has 1 saturated heterocycles. The van der Waals surface area contributed by atoms with E-state index in [1.807, 2.05) is 23.1 Å². The quantitative estimate of drug-likeness (QED) is 0.931. The van der Waals surface area contributed by atoms with Crippen LogP contribution in [0.25, 0.3) is 0 Å². The number of hydrogen-bond donors (Lipinski definition) is 1. The fraction of sp³-hybridized carbons (Fsp3) is 0.474. The average Bonchev–Trinajstić information content (AvgIpc) is 3.12. The van der Waals surface area contributed by atoms with Crippen molar-refractivity contribution < 1.29 is 9.53 Å². The van der Waals surface area contributed by atoms with Gasteiger partial charge in [-0.05, 0) is 37.8 Å². The van der Waals surface area contributed by atoms with Gasteiger partial charge in [0.1, 0.15) is 5.75 Å². The van der Waals surface area contributed by atoms with Gasteiger partial charge in [-0.3, -0.25) is 9.89 Å². The Morgan fingerprint density at radius 3 is 2.76 bits per heavy atom. The maximum atomic E-state index is 12.9. The van der Waals surface area contributed by atoms with E-state index in [0.29, 0.717) is 5.69 Å². The maximum Gasteiger partial charge on any atom is 0.274 e. The molecular formula is C19H24N4O2. The van der Waals surface area contributed by atoms with E-state index in [1.165, 1.54) is 6.42 Å². The highest BCUT2D eigenvalue weighted by molar-refractivity contribution is 5.94. The summed E-state index contributed by atoms with van der Waals surface area (Å²) in [6, 6.07) is 8.08. The van der Waals surface area contributed by atoms with E-state index in [0.717, 1.165) is 68.1 Å². The zero-order valence-electron chi connectivity index (χ0n) is 14.6. The summed E-state index contributed by atoms with van der Waals surface area (Å²) in [5.41, 5.74) is 4.09. The van der Waals surface area contributed by atoms with Crippen LogP contribution in [-0.4, -0.2) is 54.3 Å². The smallest absolute Gasteiger partial charge is 0.274 e. The Bertz CT molecular complexity index is 763. The number of rotatable bonds is 3. The molecule has 1 fully saturated rings. The van der Waals surface area contributed by atoms with Crippen molar-refractivity contribution in [3.63, 3.8) is 0 Å². The predicted octanol–water partition coefficient (Wildman–Crippen LogP) is 2.26. The minimum Gasteiger partial charge on any atom is -0.497 e. The van der Waals surface area contributed by atoms with Gasteiger partial charge < -0.3 is 14.5 Å². The van der Waals surface area contributed by atoms with Gasteiger partial charge in [-0.1, -0.05) is 6.07 Å². The van der Waals surface area contributed by atoms with Crippen molar-refractivity contribution in [2.75, 3.05) is 38.2 Å². The number of benzene rings is 1. The van der Waals surface area contributed by atoms with Gasteiger partial charge in [0.05, 0.1) is 7.11 Å². The number of carbonyl (C=O) groups excluding carboxylic acids is 1. The Balaban J connectivity index is 1.43. The largest absolute Gasteiger partial charge is 0.497 e. The van der Waals surface area contributed by atoms with Crippen molar-refractivity contribution in [2.45, 2.75) is 25.7 Å². The lowest BCUT2D eigenvalue weighted by Crippen LogP contribution is -2.49. The first-order chi connectivity index (χ1) is 12.3. The molecule has 6 nitrogen and oxygen atoms in total. The molecule has 25 heavy (non-hydrogen) atoms. The zero-order valence-corrected chi connectivity index (χ0v) is 14.6. The number of amides is 1. The summed E-state index contributed by atoms with van der Waals surface area (Å²) in [6.45, 7) is 3.09. The highest BCUT2D eigenvalue weighted by Crippen LogP contribution is 2.25. The highest BCUT2D eigenvalue weighted by atomic mass is 16.5. The fourth-order valence-electron chi connectivity index (χ4n) is 3.78. The van der Waals surface area contributed by atoms with E-state index < -0.39 is 0 Å². The number of carbonyl (C=O) groups is 1. The van der Waals surface area contributed by atoms with Gasteiger partial charge in [0.15, 0.2) is 5.69 Å². The normalized spacial score (nSPS) is 17.3. The van der Waals surface area contributed by atoms with Crippen molar-refractivity contribution in [1.29, 1.82) is 0 Å². The molecule has 0 bridgehead atoms. The zero-order chi connectivity index (χ0) is 17.2. The lowest BCUT2D eigenvalue weighted by Gasteiger charge is -2.36. The number of ether oxygens (including phenoxy) is 1. The van der Waals surface area contributed by atoms with Gasteiger partial charge in [-0.15, -0.1) is 0 Å². The van der Waals surface area contributed by atoms with E-state index in [9.17, 15) is 4.79 Å². The number of piperazine rings is 1. The number of aromatic amines is 1. The molecule has 0 radical (unpaired) electrons. The number of nitrogens with one attached hydrogen (secondary N) is 1. The first-order valence-corrected chi connectivity index (χ1v) is 9.00. The monoisotopic (exact) mass is 340 g/mol. The second-order valence-electron chi connectivity index (χ2n) is 6.72. The average molecular weight is 340 g/mol. The number of anilines is 1. The molecule has 2 aliphatic rings. The Morgan fingerprint density at radius 2 is 1.96 bits per heavy atom. The molecule has 132 valence electrons. The number of hydrogen-bond acceptors (Lipinski definition) is 4. The van der Waals surface area contributed by atoms with E-state index in [2.05, 4.69) is 21.2 Å².